The van der Waals surface area contributed by atoms with E-state index in [0.29, 0.717) is 11.7 Å². The van der Waals surface area contributed by atoms with E-state index in [0.717, 1.165) is 28.5 Å². The Hall–Kier alpha value is -1.41. The van der Waals surface area contributed by atoms with Crippen molar-refractivity contribution < 1.29 is 4.79 Å². The van der Waals surface area contributed by atoms with Crippen LogP contribution in [0.2, 0.25) is 0 Å². The van der Waals surface area contributed by atoms with Gasteiger partial charge in [0.2, 0.25) is 0 Å². The fraction of sp³-hybridized carbons (Fsp3) is 0.550. The van der Waals surface area contributed by atoms with Gasteiger partial charge in [0.25, 0.3) is 0 Å². The molecule has 0 aliphatic heterocycles. The van der Waals surface area contributed by atoms with Crippen molar-refractivity contribution in [2.75, 3.05) is 21.1 Å². The molecule has 118 valence electrons. The molecule has 2 heteroatoms. The lowest BCUT2D eigenvalue weighted by molar-refractivity contribution is -0.125. The van der Waals surface area contributed by atoms with Crippen molar-refractivity contribution in [1.29, 1.82) is 0 Å². The lowest BCUT2D eigenvalue weighted by Crippen LogP contribution is -2.34. The summed E-state index contributed by atoms with van der Waals surface area (Å²) in [5.41, 5.74) is 3.39. The summed E-state index contributed by atoms with van der Waals surface area (Å²) in [4.78, 5) is 12.9. The monoisotopic (exact) mass is 298 g/mol. The third-order valence-corrected chi connectivity index (χ3v) is 6.33. The number of benzene rings is 1. The van der Waals surface area contributed by atoms with Gasteiger partial charge < -0.3 is 0 Å². The minimum Gasteiger partial charge on any atom is -0.298 e. The van der Waals surface area contributed by atoms with Crippen LogP contribution >= 0.6 is 0 Å². The normalized spacial score (nSPS) is 32.0. The predicted octanol–water partition coefficient (Wildman–Crippen LogP) is 4.29. The molecule has 0 saturated heterocycles. The van der Waals surface area contributed by atoms with Crippen LogP contribution in [-0.4, -0.2) is 26.9 Å². The Morgan fingerprint density at radius 2 is 1.86 bits per heavy atom. The number of quaternary nitrogens is 1. The number of ketones is 1. The summed E-state index contributed by atoms with van der Waals surface area (Å²) in [6.07, 6.45) is 4.34. The number of hydrogen-bond donors (Lipinski definition) is 0. The van der Waals surface area contributed by atoms with Crippen molar-refractivity contribution in [3.8, 4) is 0 Å². The van der Waals surface area contributed by atoms with Crippen LogP contribution in [0.15, 0.2) is 29.8 Å². The number of carbonyl (C=O) groups is 1. The molecule has 2 aliphatic carbocycles. The Labute approximate surface area is 134 Å². The number of nitrogens with zero attached hydrogens (tertiary/aromatic N) is 1. The van der Waals surface area contributed by atoms with E-state index in [1.54, 1.807) is 0 Å². The summed E-state index contributed by atoms with van der Waals surface area (Å²) in [6.45, 7) is 6.70. The van der Waals surface area contributed by atoms with Crippen LogP contribution in [0.5, 0.6) is 0 Å². The maximum absolute atomic E-state index is 12.9. The highest BCUT2D eigenvalue weighted by Gasteiger charge is 2.63. The summed E-state index contributed by atoms with van der Waals surface area (Å²) in [5.74, 6) is 0.794. The van der Waals surface area contributed by atoms with Gasteiger partial charge >= 0.3 is 0 Å². The predicted molar refractivity (Wildman–Crippen MR) is 93.6 cm³/mol. The molecule has 2 saturated carbocycles. The zero-order valence-corrected chi connectivity index (χ0v) is 14.7. The summed E-state index contributed by atoms with van der Waals surface area (Å²) in [7, 11) is 6.50. The standard InChI is InChI=1S/C20H28NO/c1-19(2)17-10-11-20(19,3)18(22)16(17)13-14-8-7-9-15(12-14)21(4,5)6/h7-9,12-13,17H,10-11H2,1-6H3/q+1/b16-13+. The minimum atomic E-state index is -0.165. The van der Waals surface area contributed by atoms with E-state index >= 15 is 0 Å². The van der Waals surface area contributed by atoms with Gasteiger partial charge in [-0.05, 0) is 47.5 Å². The molecule has 0 radical (unpaired) electrons. The molecule has 0 N–H and O–H groups in total. The van der Waals surface area contributed by atoms with Crippen molar-refractivity contribution in [3.63, 3.8) is 0 Å². The Morgan fingerprint density at radius 1 is 1.18 bits per heavy atom. The number of Topliss-reactive ketones (excluding diaryl/α,β-unsaturated/α-hetero) is 1. The summed E-state index contributed by atoms with van der Waals surface area (Å²) >= 11 is 0. The molecule has 0 heterocycles. The zero-order valence-electron chi connectivity index (χ0n) is 14.7. The Balaban J connectivity index is 2.03. The molecule has 0 aromatic heterocycles. The van der Waals surface area contributed by atoms with Crippen molar-refractivity contribution in [2.24, 2.45) is 16.7 Å². The molecular formula is C20H28NO+. The quantitative estimate of drug-likeness (QED) is 0.588. The molecule has 2 atom stereocenters. The average molecular weight is 298 g/mol. The first-order valence-electron chi connectivity index (χ1n) is 8.26. The maximum Gasteiger partial charge on any atom is 0.165 e. The smallest absolute Gasteiger partial charge is 0.165 e. The van der Waals surface area contributed by atoms with E-state index in [4.69, 9.17) is 0 Å². The van der Waals surface area contributed by atoms with Gasteiger partial charge in [-0.3, -0.25) is 9.28 Å². The second-order valence-electron chi connectivity index (χ2n) is 8.68. The third-order valence-electron chi connectivity index (χ3n) is 6.33. The van der Waals surface area contributed by atoms with Crippen LogP contribution in [0.1, 0.15) is 39.2 Å². The molecule has 2 nitrogen and oxygen atoms in total. The van der Waals surface area contributed by atoms with E-state index in [1.807, 2.05) is 0 Å². The van der Waals surface area contributed by atoms with Gasteiger partial charge in [0.05, 0.1) is 21.1 Å². The lowest BCUT2D eigenvalue weighted by Gasteiger charge is -2.31. The van der Waals surface area contributed by atoms with Crippen LogP contribution in [0.4, 0.5) is 5.69 Å². The van der Waals surface area contributed by atoms with Crippen molar-refractivity contribution in [1.82, 2.24) is 4.48 Å². The van der Waals surface area contributed by atoms with Gasteiger partial charge in [0.1, 0.15) is 5.69 Å². The summed E-state index contributed by atoms with van der Waals surface area (Å²) < 4.78 is 0.789. The first kappa shape index (κ1) is 15.5. The minimum absolute atomic E-state index is 0.0909. The highest BCUT2D eigenvalue weighted by Crippen LogP contribution is 2.65. The molecular weight excluding hydrogens is 270 g/mol. The van der Waals surface area contributed by atoms with E-state index in [-0.39, 0.29) is 10.8 Å². The largest absolute Gasteiger partial charge is 0.298 e. The highest BCUT2D eigenvalue weighted by molar-refractivity contribution is 6.08. The molecule has 1 aromatic rings. The second-order valence-corrected chi connectivity index (χ2v) is 8.68. The van der Waals surface area contributed by atoms with Gasteiger partial charge in [0.15, 0.2) is 5.78 Å². The molecule has 2 aliphatic rings. The Kier molecular flexibility index (Phi) is 3.20. The number of rotatable bonds is 2. The number of carbonyl (C=O) groups excluding carboxylic acids is 1. The van der Waals surface area contributed by atoms with Gasteiger partial charge in [-0.15, -0.1) is 0 Å². The summed E-state index contributed by atoms with van der Waals surface area (Å²) in [5, 5.41) is 0. The van der Waals surface area contributed by atoms with Crippen molar-refractivity contribution >= 4 is 17.5 Å². The van der Waals surface area contributed by atoms with Crippen LogP contribution in [0.25, 0.3) is 6.08 Å². The second kappa shape index (κ2) is 4.55. The third kappa shape index (κ3) is 2.00. The van der Waals surface area contributed by atoms with Crippen LogP contribution in [-0.2, 0) is 4.79 Å². The zero-order chi connectivity index (χ0) is 16.3. The first-order valence-corrected chi connectivity index (χ1v) is 8.26. The van der Waals surface area contributed by atoms with E-state index < -0.39 is 0 Å². The van der Waals surface area contributed by atoms with Gasteiger partial charge in [-0.2, -0.15) is 0 Å². The molecule has 22 heavy (non-hydrogen) atoms. The molecule has 0 spiro atoms. The molecule has 2 bridgehead atoms. The van der Waals surface area contributed by atoms with Gasteiger partial charge in [-0.1, -0.05) is 32.9 Å². The van der Waals surface area contributed by atoms with Crippen molar-refractivity contribution in [3.05, 3.63) is 35.4 Å². The molecule has 2 unspecified atom stereocenters. The van der Waals surface area contributed by atoms with Crippen LogP contribution in [0, 0.1) is 16.7 Å². The SMILES string of the molecule is CC12CCC(/C(=C\c3cccc([N+](C)(C)C)c3)C1=O)C2(C)C. The summed E-state index contributed by atoms with van der Waals surface area (Å²) in [6, 6.07) is 8.56. The average Bonchev–Trinajstić information content (AvgIpc) is 2.73. The Bertz CT molecular complexity index is 663. The molecule has 1 aromatic carbocycles. The fourth-order valence-corrected chi connectivity index (χ4v) is 4.31. The number of hydrogen-bond acceptors (Lipinski definition) is 1. The highest BCUT2D eigenvalue weighted by atomic mass is 16.1. The maximum atomic E-state index is 12.9. The molecule has 0 amide bonds. The van der Waals surface area contributed by atoms with Crippen LogP contribution < -0.4 is 4.48 Å². The van der Waals surface area contributed by atoms with E-state index in [9.17, 15) is 4.79 Å². The molecule has 2 fully saturated rings. The Morgan fingerprint density at radius 3 is 2.41 bits per heavy atom. The van der Waals surface area contributed by atoms with Crippen molar-refractivity contribution in [2.45, 2.75) is 33.6 Å². The topological polar surface area (TPSA) is 17.1 Å². The first-order chi connectivity index (χ1) is 10.1. The lowest BCUT2D eigenvalue weighted by atomic mass is 9.70. The number of fused-ring (bicyclic) bond motifs is 2. The fourth-order valence-electron chi connectivity index (χ4n) is 4.31. The number of allylic oxidation sites excluding steroid dienone is 1. The molecule has 3 rings (SSSR count). The van der Waals surface area contributed by atoms with E-state index in [2.05, 4.69) is 72.3 Å². The van der Waals surface area contributed by atoms with Gasteiger partial charge in [0, 0.05) is 11.5 Å². The van der Waals surface area contributed by atoms with E-state index in [1.165, 1.54) is 5.69 Å². The van der Waals surface area contributed by atoms with Crippen LogP contribution in [0.3, 0.4) is 0 Å². The van der Waals surface area contributed by atoms with Gasteiger partial charge in [-0.25, -0.2) is 0 Å².